The highest BCUT2D eigenvalue weighted by atomic mass is 16.5. The van der Waals surface area contributed by atoms with E-state index < -0.39 is 0 Å². The first-order valence-electron chi connectivity index (χ1n) is 9.47. The molecular formula is C20H28N2O2. The summed E-state index contributed by atoms with van der Waals surface area (Å²) in [5.41, 5.74) is 1.03. The third kappa shape index (κ3) is 4.50. The second-order valence-corrected chi connectivity index (χ2v) is 7.87. The summed E-state index contributed by atoms with van der Waals surface area (Å²) in [7, 11) is 0. The van der Waals surface area contributed by atoms with Crippen LogP contribution in [0.5, 0.6) is 0 Å². The molecule has 0 radical (unpaired) electrons. The van der Waals surface area contributed by atoms with E-state index in [0.29, 0.717) is 6.61 Å². The lowest BCUT2D eigenvalue weighted by Gasteiger charge is -2.38. The van der Waals surface area contributed by atoms with Gasteiger partial charge in [-0.1, -0.05) is 43.2 Å². The maximum Gasteiger partial charge on any atom is 0.407 e. The van der Waals surface area contributed by atoms with Crippen molar-refractivity contribution in [3.8, 4) is 0 Å². The Hall–Kier alpha value is -1.55. The van der Waals surface area contributed by atoms with E-state index in [4.69, 9.17) is 4.74 Å². The zero-order valence-corrected chi connectivity index (χ0v) is 14.3. The van der Waals surface area contributed by atoms with Gasteiger partial charge in [-0.15, -0.1) is 0 Å². The summed E-state index contributed by atoms with van der Waals surface area (Å²) in [5, 5.41) is 3.12. The highest BCUT2D eigenvalue weighted by Gasteiger charge is 2.38. The molecule has 2 unspecified atom stereocenters. The number of likely N-dealkylation sites (tertiary alicyclic amines) is 1. The van der Waals surface area contributed by atoms with E-state index in [1.54, 1.807) is 0 Å². The summed E-state index contributed by atoms with van der Waals surface area (Å²) < 4.78 is 5.40. The van der Waals surface area contributed by atoms with Crippen molar-refractivity contribution in [2.24, 2.45) is 11.8 Å². The monoisotopic (exact) mass is 328 g/mol. The fourth-order valence-electron chi connectivity index (χ4n) is 4.01. The fourth-order valence-corrected chi connectivity index (χ4v) is 4.01. The Morgan fingerprint density at radius 3 is 2.58 bits per heavy atom. The van der Waals surface area contributed by atoms with Gasteiger partial charge in [-0.3, -0.25) is 4.90 Å². The smallest absolute Gasteiger partial charge is 0.407 e. The summed E-state index contributed by atoms with van der Waals surface area (Å²) in [5.74, 6) is 1.70. The van der Waals surface area contributed by atoms with Crippen molar-refractivity contribution < 1.29 is 9.53 Å². The van der Waals surface area contributed by atoms with Crippen LogP contribution in [0.25, 0.3) is 0 Å². The molecule has 1 amide bonds. The molecule has 0 spiro atoms. The van der Waals surface area contributed by atoms with E-state index in [1.807, 2.05) is 30.3 Å². The molecule has 1 N–H and O–H groups in total. The maximum atomic E-state index is 12.2. The number of amides is 1. The van der Waals surface area contributed by atoms with Gasteiger partial charge in [0, 0.05) is 25.2 Å². The highest BCUT2D eigenvalue weighted by Crippen LogP contribution is 2.39. The second kappa shape index (κ2) is 7.14. The van der Waals surface area contributed by atoms with E-state index in [-0.39, 0.29) is 12.1 Å². The average Bonchev–Trinajstić information content (AvgIpc) is 3.47. The van der Waals surface area contributed by atoms with Gasteiger partial charge in [0.25, 0.3) is 0 Å². The van der Waals surface area contributed by atoms with E-state index in [9.17, 15) is 4.79 Å². The molecule has 1 saturated heterocycles. The van der Waals surface area contributed by atoms with Crippen LogP contribution in [0, 0.1) is 11.8 Å². The largest absolute Gasteiger partial charge is 0.445 e. The van der Waals surface area contributed by atoms with Crippen LogP contribution in [0.3, 0.4) is 0 Å². The van der Waals surface area contributed by atoms with Crippen LogP contribution in [0.2, 0.25) is 0 Å². The zero-order chi connectivity index (χ0) is 16.4. The van der Waals surface area contributed by atoms with Crippen molar-refractivity contribution in [1.29, 1.82) is 0 Å². The zero-order valence-electron chi connectivity index (χ0n) is 14.3. The van der Waals surface area contributed by atoms with Crippen LogP contribution in [-0.2, 0) is 11.3 Å². The van der Waals surface area contributed by atoms with E-state index >= 15 is 0 Å². The third-order valence-electron chi connectivity index (χ3n) is 5.53. The lowest BCUT2D eigenvalue weighted by Crippen LogP contribution is -2.51. The molecule has 1 aliphatic heterocycles. The van der Waals surface area contributed by atoms with Crippen molar-refractivity contribution >= 4 is 6.09 Å². The molecule has 4 rings (SSSR count). The Labute approximate surface area is 144 Å². The predicted octanol–water partition coefficient (Wildman–Crippen LogP) is 3.57. The van der Waals surface area contributed by atoms with Gasteiger partial charge in [-0.25, -0.2) is 4.79 Å². The molecule has 4 heteroatoms. The molecular weight excluding hydrogens is 300 g/mol. The number of carbonyl (C=O) groups excluding carboxylic acids is 1. The van der Waals surface area contributed by atoms with Crippen molar-refractivity contribution in [2.45, 2.75) is 57.2 Å². The topological polar surface area (TPSA) is 41.6 Å². The molecule has 1 heterocycles. The Morgan fingerprint density at radius 1 is 1.08 bits per heavy atom. The summed E-state index contributed by atoms with van der Waals surface area (Å²) in [4.78, 5) is 14.8. The van der Waals surface area contributed by atoms with Gasteiger partial charge in [0.2, 0.25) is 0 Å². The number of rotatable bonds is 6. The Bertz CT molecular complexity index is 554. The number of benzene rings is 1. The molecule has 1 aromatic carbocycles. The molecule has 0 aromatic heterocycles. The fraction of sp³-hybridized carbons (Fsp3) is 0.650. The van der Waals surface area contributed by atoms with Gasteiger partial charge in [0.1, 0.15) is 6.61 Å². The van der Waals surface area contributed by atoms with Crippen LogP contribution in [0.15, 0.2) is 30.3 Å². The lowest BCUT2D eigenvalue weighted by atomic mass is 9.89. The summed E-state index contributed by atoms with van der Waals surface area (Å²) in [6.07, 6.45) is 7.68. The van der Waals surface area contributed by atoms with Crippen LogP contribution < -0.4 is 5.32 Å². The molecule has 130 valence electrons. The first-order chi connectivity index (χ1) is 11.8. The third-order valence-corrected chi connectivity index (χ3v) is 5.53. The van der Waals surface area contributed by atoms with Gasteiger partial charge in [-0.2, -0.15) is 0 Å². The van der Waals surface area contributed by atoms with E-state index in [0.717, 1.165) is 36.4 Å². The minimum atomic E-state index is -0.272. The number of nitrogens with one attached hydrogen (secondary N) is 1. The Balaban J connectivity index is 1.27. The number of ether oxygens (including phenoxy) is 1. The van der Waals surface area contributed by atoms with E-state index in [2.05, 4.69) is 10.2 Å². The number of alkyl carbamates (subject to hydrolysis) is 1. The minimum absolute atomic E-state index is 0.242. The molecule has 3 aliphatic rings. The number of carbonyl (C=O) groups is 1. The molecule has 2 aliphatic carbocycles. The Kier molecular flexibility index (Phi) is 4.74. The van der Waals surface area contributed by atoms with Crippen LogP contribution >= 0.6 is 0 Å². The van der Waals surface area contributed by atoms with Gasteiger partial charge in [0.15, 0.2) is 0 Å². The Morgan fingerprint density at radius 2 is 1.88 bits per heavy atom. The normalized spacial score (nSPS) is 27.7. The quantitative estimate of drug-likeness (QED) is 0.868. The molecule has 2 atom stereocenters. The lowest BCUT2D eigenvalue weighted by molar-refractivity contribution is 0.103. The number of piperidine rings is 1. The summed E-state index contributed by atoms with van der Waals surface area (Å²) in [6.45, 7) is 2.57. The standard InChI is InChI=1S/C20H28N2O2/c23-20(24-14-16-4-2-1-3-5-16)21-18-11-17(10-15-6-7-15)12-22(13-18)19-8-9-19/h1-5,15,17-19H,6-14H2,(H,21,23). The van der Waals surface area contributed by atoms with Crippen LogP contribution in [-0.4, -0.2) is 36.2 Å². The predicted molar refractivity (Wildman–Crippen MR) is 93.6 cm³/mol. The van der Waals surface area contributed by atoms with E-state index in [1.165, 1.54) is 38.6 Å². The van der Waals surface area contributed by atoms with Gasteiger partial charge in [0.05, 0.1) is 0 Å². The molecule has 3 fully saturated rings. The van der Waals surface area contributed by atoms with Crippen molar-refractivity contribution in [3.05, 3.63) is 35.9 Å². The number of hydrogen-bond acceptors (Lipinski definition) is 3. The van der Waals surface area contributed by atoms with Gasteiger partial charge >= 0.3 is 6.09 Å². The average molecular weight is 328 g/mol. The molecule has 4 nitrogen and oxygen atoms in total. The summed E-state index contributed by atoms with van der Waals surface area (Å²) in [6, 6.07) is 10.9. The minimum Gasteiger partial charge on any atom is -0.445 e. The molecule has 24 heavy (non-hydrogen) atoms. The maximum absolute atomic E-state index is 12.2. The van der Waals surface area contributed by atoms with Crippen molar-refractivity contribution in [2.75, 3.05) is 13.1 Å². The van der Waals surface area contributed by atoms with Gasteiger partial charge < -0.3 is 10.1 Å². The second-order valence-electron chi connectivity index (χ2n) is 7.87. The van der Waals surface area contributed by atoms with Crippen LogP contribution in [0.4, 0.5) is 4.79 Å². The van der Waals surface area contributed by atoms with Gasteiger partial charge in [-0.05, 0) is 43.1 Å². The highest BCUT2D eigenvalue weighted by molar-refractivity contribution is 5.67. The van der Waals surface area contributed by atoms with Crippen LogP contribution in [0.1, 0.15) is 44.1 Å². The number of nitrogens with zero attached hydrogens (tertiary/aromatic N) is 1. The first kappa shape index (κ1) is 15.9. The molecule has 2 saturated carbocycles. The number of hydrogen-bond donors (Lipinski definition) is 1. The summed E-state index contributed by atoms with van der Waals surface area (Å²) >= 11 is 0. The first-order valence-corrected chi connectivity index (χ1v) is 9.47. The van der Waals surface area contributed by atoms with Crippen molar-refractivity contribution in [3.63, 3.8) is 0 Å². The van der Waals surface area contributed by atoms with Crippen molar-refractivity contribution in [1.82, 2.24) is 10.2 Å². The molecule has 1 aromatic rings. The SMILES string of the molecule is O=C(NC1CC(CC2CC2)CN(C2CC2)C1)OCc1ccccc1. The molecule has 0 bridgehead atoms.